The van der Waals surface area contributed by atoms with Crippen LogP contribution in [0.1, 0.15) is 22.3 Å². The van der Waals surface area contributed by atoms with Gasteiger partial charge in [-0.2, -0.15) is 0 Å². The van der Waals surface area contributed by atoms with E-state index < -0.39 is 0 Å². The summed E-state index contributed by atoms with van der Waals surface area (Å²) < 4.78 is 20.4. The van der Waals surface area contributed by atoms with Crippen molar-refractivity contribution in [3.8, 4) is 5.75 Å². The Hall–Kier alpha value is -3.13. The van der Waals surface area contributed by atoms with Crippen molar-refractivity contribution in [2.75, 3.05) is 50.1 Å². The van der Waals surface area contributed by atoms with E-state index in [1.54, 1.807) is 36.2 Å². The molecule has 2 aromatic carbocycles. The standard InChI is InChI=1S/C23H27FN4O3/c1-25-16-8-9-27(13-16)21-6-3-17(12-20(21)24)28-10-7-15-11-18(31-14-22(29)26-2)4-5-19(15)23(28)30/h3-6,11-12,16,25H,7-10,13-14H2,1-2H3,(H,26,29)/t16-/m1/s1. The third kappa shape index (κ3) is 4.34. The van der Waals surface area contributed by atoms with Crippen LogP contribution in [0.15, 0.2) is 36.4 Å². The number of hydrogen-bond donors (Lipinski definition) is 2. The van der Waals surface area contributed by atoms with Crippen molar-refractivity contribution < 1.29 is 18.7 Å². The zero-order chi connectivity index (χ0) is 22.0. The highest BCUT2D eigenvalue weighted by Gasteiger charge is 2.28. The molecular formula is C23H27FN4O3. The molecule has 0 aliphatic carbocycles. The van der Waals surface area contributed by atoms with Crippen LogP contribution < -0.4 is 25.2 Å². The van der Waals surface area contributed by atoms with Crippen molar-refractivity contribution in [1.29, 1.82) is 0 Å². The van der Waals surface area contributed by atoms with Gasteiger partial charge in [-0.3, -0.25) is 9.59 Å². The third-order valence-corrected chi connectivity index (χ3v) is 5.99. The molecule has 0 spiro atoms. The van der Waals surface area contributed by atoms with Gasteiger partial charge in [0.1, 0.15) is 11.6 Å². The first-order chi connectivity index (χ1) is 15.0. The lowest BCUT2D eigenvalue weighted by atomic mass is 9.98. The van der Waals surface area contributed by atoms with Crippen molar-refractivity contribution in [2.24, 2.45) is 0 Å². The molecule has 7 nitrogen and oxygen atoms in total. The lowest BCUT2D eigenvalue weighted by Gasteiger charge is -2.29. The Morgan fingerprint density at radius 2 is 2.03 bits per heavy atom. The van der Waals surface area contributed by atoms with E-state index >= 15 is 0 Å². The summed E-state index contributed by atoms with van der Waals surface area (Å²) in [4.78, 5) is 28.1. The first-order valence-corrected chi connectivity index (χ1v) is 10.5. The molecule has 2 N–H and O–H groups in total. The number of anilines is 2. The second-order valence-electron chi connectivity index (χ2n) is 7.84. The predicted octanol–water partition coefficient (Wildman–Crippen LogP) is 1.95. The number of nitrogens with one attached hydrogen (secondary N) is 2. The van der Waals surface area contributed by atoms with Gasteiger partial charge in [-0.15, -0.1) is 0 Å². The molecular weight excluding hydrogens is 399 g/mol. The van der Waals surface area contributed by atoms with Crippen LogP contribution in [0.3, 0.4) is 0 Å². The van der Waals surface area contributed by atoms with Crippen LogP contribution in [-0.4, -0.2) is 58.2 Å². The summed E-state index contributed by atoms with van der Waals surface area (Å²) in [5.74, 6) is -0.154. The minimum atomic E-state index is -0.314. The third-order valence-electron chi connectivity index (χ3n) is 5.99. The first kappa shape index (κ1) is 21.1. The van der Waals surface area contributed by atoms with E-state index in [4.69, 9.17) is 4.74 Å². The van der Waals surface area contributed by atoms with E-state index in [1.807, 2.05) is 18.0 Å². The van der Waals surface area contributed by atoms with Crippen molar-refractivity contribution >= 4 is 23.2 Å². The molecule has 2 aliphatic heterocycles. The van der Waals surface area contributed by atoms with Crippen molar-refractivity contribution in [2.45, 2.75) is 18.9 Å². The molecule has 4 rings (SSSR count). The number of hydrogen-bond acceptors (Lipinski definition) is 5. The maximum absolute atomic E-state index is 14.9. The molecule has 164 valence electrons. The van der Waals surface area contributed by atoms with E-state index in [1.165, 1.54) is 6.07 Å². The average Bonchev–Trinajstić information content (AvgIpc) is 3.26. The van der Waals surface area contributed by atoms with E-state index in [-0.39, 0.29) is 24.2 Å². The zero-order valence-electron chi connectivity index (χ0n) is 17.8. The maximum atomic E-state index is 14.9. The number of likely N-dealkylation sites (N-methyl/N-ethyl adjacent to an activating group) is 2. The van der Waals surface area contributed by atoms with E-state index in [0.29, 0.717) is 41.7 Å². The van der Waals surface area contributed by atoms with E-state index in [9.17, 15) is 14.0 Å². The van der Waals surface area contributed by atoms with E-state index in [2.05, 4.69) is 10.6 Å². The van der Waals surface area contributed by atoms with Crippen LogP contribution in [0.5, 0.6) is 5.75 Å². The Labute approximate surface area is 181 Å². The molecule has 2 heterocycles. The first-order valence-electron chi connectivity index (χ1n) is 10.5. The smallest absolute Gasteiger partial charge is 0.258 e. The number of rotatable bonds is 6. The lowest BCUT2D eigenvalue weighted by Crippen LogP contribution is -2.37. The number of carbonyl (C=O) groups is 2. The highest BCUT2D eigenvalue weighted by atomic mass is 19.1. The number of halogens is 1. The topological polar surface area (TPSA) is 73.9 Å². The van der Waals surface area contributed by atoms with Crippen LogP contribution in [0.25, 0.3) is 0 Å². The number of ether oxygens (including phenoxy) is 1. The van der Waals surface area contributed by atoms with Gasteiger partial charge in [0.2, 0.25) is 0 Å². The quantitative estimate of drug-likeness (QED) is 0.739. The second-order valence-corrected chi connectivity index (χ2v) is 7.84. The Balaban J connectivity index is 1.49. The van der Waals surface area contributed by atoms with Gasteiger partial charge in [0, 0.05) is 44.0 Å². The van der Waals surface area contributed by atoms with Gasteiger partial charge in [-0.25, -0.2) is 4.39 Å². The molecule has 0 saturated carbocycles. The molecule has 2 aromatic rings. The van der Waals surface area contributed by atoms with Crippen LogP contribution in [-0.2, 0) is 11.2 Å². The molecule has 1 fully saturated rings. The van der Waals surface area contributed by atoms with Crippen LogP contribution >= 0.6 is 0 Å². The fourth-order valence-corrected chi connectivity index (χ4v) is 4.16. The molecule has 0 unspecified atom stereocenters. The number of benzene rings is 2. The number of fused-ring (bicyclic) bond motifs is 1. The summed E-state index contributed by atoms with van der Waals surface area (Å²) in [6.07, 6.45) is 1.60. The monoisotopic (exact) mass is 426 g/mol. The molecule has 2 aliphatic rings. The van der Waals surface area contributed by atoms with Gasteiger partial charge in [0.15, 0.2) is 6.61 Å². The molecule has 1 saturated heterocycles. The predicted molar refractivity (Wildman–Crippen MR) is 117 cm³/mol. The van der Waals surface area contributed by atoms with Crippen LogP contribution in [0.2, 0.25) is 0 Å². The lowest BCUT2D eigenvalue weighted by molar-refractivity contribution is -0.122. The molecule has 31 heavy (non-hydrogen) atoms. The SMILES string of the molecule is CNC(=O)COc1ccc2c(c1)CCN(c1ccc(N3CC[C@@H](NC)C3)c(F)c1)C2=O. The maximum Gasteiger partial charge on any atom is 0.258 e. The summed E-state index contributed by atoms with van der Waals surface area (Å²) in [5.41, 5.74) is 2.56. The molecule has 0 radical (unpaired) electrons. The molecule has 2 amide bonds. The van der Waals surface area contributed by atoms with Crippen molar-refractivity contribution in [1.82, 2.24) is 10.6 Å². The minimum absolute atomic E-state index is 0.0763. The average molecular weight is 426 g/mol. The number of nitrogens with zero attached hydrogens (tertiary/aromatic N) is 2. The second kappa shape index (κ2) is 8.93. The summed E-state index contributed by atoms with van der Waals surface area (Å²) >= 11 is 0. The largest absolute Gasteiger partial charge is 0.484 e. The highest BCUT2D eigenvalue weighted by Crippen LogP contribution is 2.31. The Morgan fingerprint density at radius 3 is 2.74 bits per heavy atom. The number of amides is 2. The molecule has 1 atom stereocenters. The minimum Gasteiger partial charge on any atom is -0.484 e. The Bertz CT molecular complexity index is 997. The van der Waals surface area contributed by atoms with Gasteiger partial charge >= 0.3 is 0 Å². The fourth-order valence-electron chi connectivity index (χ4n) is 4.16. The Morgan fingerprint density at radius 1 is 1.19 bits per heavy atom. The zero-order valence-corrected chi connectivity index (χ0v) is 17.8. The van der Waals surface area contributed by atoms with Crippen molar-refractivity contribution in [3.63, 3.8) is 0 Å². The van der Waals surface area contributed by atoms with Crippen molar-refractivity contribution in [3.05, 3.63) is 53.3 Å². The number of carbonyl (C=O) groups excluding carboxylic acids is 2. The van der Waals surface area contributed by atoms with E-state index in [0.717, 1.165) is 25.1 Å². The Kier molecular flexibility index (Phi) is 6.08. The van der Waals surface area contributed by atoms with Crippen LogP contribution in [0, 0.1) is 5.82 Å². The van der Waals surface area contributed by atoms with Gasteiger partial charge < -0.3 is 25.2 Å². The summed E-state index contributed by atoms with van der Waals surface area (Å²) in [6, 6.07) is 10.6. The summed E-state index contributed by atoms with van der Waals surface area (Å²) in [7, 11) is 3.47. The van der Waals surface area contributed by atoms with Gasteiger partial charge in [0.25, 0.3) is 11.8 Å². The van der Waals surface area contributed by atoms with Gasteiger partial charge in [0.05, 0.1) is 5.69 Å². The highest BCUT2D eigenvalue weighted by molar-refractivity contribution is 6.08. The van der Waals surface area contributed by atoms with Gasteiger partial charge in [-0.1, -0.05) is 0 Å². The van der Waals surface area contributed by atoms with Crippen LogP contribution in [0.4, 0.5) is 15.8 Å². The summed E-state index contributed by atoms with van der Waals surface area (Å²) in [5, 5.41) is 5.73. The fraction of sp³-hybridized carbons (Fsp3) is 0.391. The molecule has 0 aromatic heterocycles. The molecule has 8 heteroatoms. The normalized spacial score (nSPS) is 18.2. The molecule has 0 bridgehead atoms. The summed E-state index contributed by atoms with van der Waals surface area (Å²) in [6.45, 7) is 1.96. The van der Waals surface area contributed by atoms with Gasteiger partial charge in [-0.05, 0) is 61.9 Å².